The lowest BCUT2D eigenvalue weighted by Gasteiger charge is -2.23. The van der Waals surface area contributed by atoms with Gasteiger partial charge in [0.05, 0.1) is 5.76 Å². The molecule has 88 valence electrons. The summed E-state index contributed by atoms with van der Waals surface area (Å²) in [5.41, 5.74) is 0. The van der Waals surface area contributed by atoms with Gasteiger partial charge in [0.15, 0.2) is 0 Å². The normalized spacial score (nSPS) is 23.6. The molecule has 0 saturated carbocycles. The first kappa shape index (κ1) is 12.8. The molecule has 0 N–H and O–H groups in total. The van der Waals surface area contributed by atoms with Crippen molar-refractivity contribution >= 4 is 8.32 Å². The van der Waals surface area contributed by atoms with Gasteiger partial charge in [-0.05, 0) is 50.4 Å². The molecule has 0 aromatic carbocycles. The maximum atomic E-state index is 6.14. The van der Waals surface area contributed by atoms with E-state index in [0.717, 1.165) is 18.3 Å². The fraction of sp³-hybridized carbons (Fsp3) is 0.846. The van der Waals surface area contributed by atoms with Gasteiger partial charge in [-0.1, -0.05) is 20.3 Å². The zero-order valence-corrected chi connectivity index (χ0v) is 12.0. The summed E-state index contributed by atoms with van der Waals surface area (Å²) >= 11 is 0. The molecule has 0 aliphatic heterocycles. The van der Waals surface area contributed by atoms with Gasteiger partial charge in [0, 0.05) is 6.42 Å². The highest BCUT2D eigenvalue weighted by atomic mass is 28.4. The minimum absolute atomic E-state index is 0.735. The molecular formula is C13H26OSi. The van der Waals surface area contributed by atoms with Crippen LogP contribution in [0.5, 0.6) is 0 Å². The Labute approximate surface area is 96.0 Å². The molecule has 1 aliphatic carbocycles. The van der Waals surface area contributed by atoms with Crippen LogP contribution in [0.2, 0.25) is 19.6 Å². The SMILES string of the molecule is CC(C)C1C=C(O[Si](C)(C)C)CCCC1. The van der Waals surface area contributed by atoms with E-state index in [1.165, 1.54) is 25.0 Å². The van der Waals surface area contributed by atoms with Crippen molar-refractivity contribution in [2.24, 2.45) is 11.8 Å². The van der Waals surface area contributed by atoms with Crippen LogP contribution in [-0.2, 0) is 4.43 Å². The van der Waals surface area contributed by atoms with Gasteiger partial charge >= 0.3 is 0 Å². The minimum atomic E-state index is -1.40. The van der Waals surface area contributed by atoms with Crippen LogP contribution in [0.1, 0.15) is 39.5 Å². The van der Waals surface area contributed by atoms with Crippen LogP contribution >= 0.6 is 0 Å². The highest BCUT2D eigenvalue weighted by Gasteiger charge is 2.21. The lowest BCUT2D eigenvalue weighted by Crippen LogP contribution is -2.25. The van der Waals surface area contributed by atoms with Crippen molar-refractivity contribution in [3.05, 3.63) is 11.8 Å². The maximum absolute atomic E-state index is 6.14. The zero-order chi connectivity index (χ0) is 11.5. The third-order valence-corrected chi connectivity index (χ3v) is 3.78. The van der Waals surface area contributed by atoms with Crippen molar-refractivity contribution in [2.75, 3.05) is 0 Å². The number of rotatable bonds is 3. The Morgan fingerprint density at radius 3 is 2.47 bits per heavy atom. The summed E-state index contributed by atoms with van der Waals surface area (Å²) in [6.45, 7) is 11.4. The average Bonchev–Trinajstić information content (AvgIpc) is 2.26. The summed E-state index contributed by atoms with van der Waals surface area (Å²) in [5.74, 6) is 2.77. The van der Waals surface area contributed by atoms with Crippen molar-refractivity contribution in [3.63, 3.8) is 0 Å². The summed E-state index contributed by atoms with van der Waals surface area (Å²) in [6, 6.07) is 0. The molecule has 1 aliphatic rings. The summed E-state index contributed by atoms with van der Waals surface area (Å²) in [7, 11) is -1.40. The Balaban J connectivity index is 2.67. The highest BCUT2D eigenvalue weighted by Crippen LogP contribution is 2.29. The molecule has 15 heavy (non-hydrogen) atoms. The smallest absolute Gasteiger partial charge is 0.241 e. The van der Waals surface area contributed by atoms with Crippen molar-refractivity contribution in [3.8, 4) is 0 Å². The topological polar surface area (TPSA) is 9.23 Å². The van der Waals surface area contributed by atoms with E-state index >= 15 is 0 Å². The summed E-state index contributed by atoms with van der Waals surface area (Å²) in [5, 5.41) is 0. The highest BCUT2D eigenvalue weighted by molar-refractivity contribution is 6.70. The lowest BCUT2D eigenvalue weighted by molar-refractivity contribution is 0.387. The van der Waals surface area contributed by atoms with Gasteiger partial charge in [0.25, 0.3) is 0 Å². The molecule has 0 aromatic heterocycles. The van der Waals surface area contributed by atoms with E-state index in [-0.39, 0.29) is 0 Å². The average molecular weight is 226 g/mol. The molecule has 0 amide bonds. The molecule has 1 rings (SSSR count). The van der Waals surface area contributed by atoms with Crippen LogP contribution in [0.25, 0.3) is 0 Å². The second kappa shape index (κ2) is 5.20. The van der Waals surface area contributed by atoms with E-state index in [1.807, 2.05) is 0 Å². The van der Waals surface area contributed by atoms with Crippen LogP contribution in [-0.4, -0.2) is 8.32 Å². The van der Waals surface area contributed by atoms with E-state index in [0.29, 0.717) is 0 Å². The van der Waals surface area contributed by atoms with Crippen LogP contribution in [0, 0.1) is 11.8 Å². The monoisotopic (exact) mass is 226 g/mol. The Hall–Kier alpha value is -0.243. The predicted molar refractivity (Wildman–Crippen MR) is 69.3 cm³/mol. The summed E-state index contributed by atoms with van der Waals surface area (Å²) in [6.07, 6.45) is 7.58. The van der Waals surface area contributed by atoms with E-state index in [4.69, 9.17) is 4.43 Å². The number of allylic oxidation sites excluding steroid dienone is 2. The van der Waals surface area contributed by atoms with E-state index < -0.39 is 8.32 Å². The van der Waals surface area contributed by atoms with Gasteiger partial charge in [-0.25, -0.2) is 0 Å². The van der Waals surface area contributed by atoms with Crippen LogP contribution in [0.15, 0.2) is 11.8 Å². The first-order chi connectivity index (χ1) is 6.88. The standard InChI is InChI=1S/C13H26OSi/c1-11(2)12-8-6-7-9-13(10-12)14-15(3,4)5/h10-12H,6-9H2,1-5H3. The quantitative estimate of drug-likeness (QED) is 0.641. The van der Waals surface area contributed by atoms with Gasteiger partial charge in [0.1, 0.15) is 0 Å². The fourth-order valence-electron chi connectivity index (χ4n) is 2.09. The molecule has 0 aromatic rings. The van der Waals surface area contributed by atoms with E-state index in [2.05, 4.69) is 39.6 Å². The van der Waals surface area contributed by atoms with Gasteiger partial charge in [-0.2, -0.15) is 0 Å². The Kier molecular flexibility index (Phi) is 4.44. The van der Waals surface area contributed by atoms with E-state index in [1.54, 1.807) is 0 Å². The van der Waals surface area contributed by atoms with Crippen LogP contribution in [0.4, 0.5) is 0 Å². The number of hydrogen-bond acceptors (Lipinski definition) is 1. The van der Waals surface area contributed by atoms with Crippen molar-refractivity contribution in [1.29, 1.82) is 0 Å². The summed E-state index contributed by atoms with van der Waals surface area (Å²) in [4.78, 5) is 0. The molecular weight excluding hydrogens is 200 g/mol. The fourth-order valence-corrected chi connectivity index (χ4v) is 3.05. The first-order valence-corrected chi connectivity index (χ1v) is 9.69. The summed E-state index contributed by atoms with van der Waals surface area (Å²) < 4.78 is 6.14. The van der Waals surface area contributed by atoms with Crippen LogP contribution < -0.4 is 0 Å². The molecule has 1 atom stereocenters. The third kappa shape index (κ3) is 4.87. The lowest BCUT2D eigenvalue weighted by atomic mass is 9.92. The van der Waals surface area contributed by atoms with Crippen molar-refractivity contribution in [2.45, 2.75) is 59.2 Å². The molecule has 0 radical (unpaired) electrons. The molecule has 0 fully saturated rings. The molecule has 0 heterocycles. The van der Waals surface area contributed by atoms with Crippen molar-refractivity contribution < 1.29 is 4.43 Å². The van der Waals surface area contributed by atoms with Gasteiger partial charge in [0.2, 0.25) is 8.32 Å². The molecule has 1 nitrogen and oxygen atoms in total. The Morgan fingerprint density at radius 1 is 1.27 bits per heavy atom. The van der Waals surface area contributed by atoms with Gasteiger partial charge in [-0.15, -0.1) is 0 Å². The van der Waals surface area contributed by atoms with Gasteiger partial charge < -0.3 is 4.43 Å². The largest absolute Gasteiger partial charge is 0.548 e. The number of hydrogen-bond donors (Lipinski definition) is 0. The molecule has 0 saturated heterocycles. The molecule has 1 unspecified atom stereocenters. The van der Waals surface area contributed by atoms with E-state index in [9.17, 15) is 0 Å². The molecule has 0 spiro atoms. The second-order valence-corrected chi connectivity index (χ2v) is 10.4. The second-order valence-electron chi connectivity index (χ2n) is 6.00. The van der Waals surface area contributed by atoms with Crippen LogP contribution in [0.3, 0.4) is 0 Å². The van der Waals surface area contributed by atoms with Crippen molar-refractivity contribution in [1.82, 2.24) is 0 Å². The molecule has 2 heteroatoms. The minimum Gasteiger partial charge on any atom is -0.548 e. The predicted octanol–water partition coefficient (Wildman–Crippen LogP) is 4.57. The van der Waals surface area contributed by atoms with Gasteiger partial charge in [-0.3, -0.25) is 0 Å². The Bertz CT molecular complexity index is 225. The third-order valence-electron chi connectivity index (χ3n) is 2.90. The Morgan fingerprint density at radius 2 is 1.93 bits per heavy atom. The zero-order valence-electron chi connectivity index (χ0n) is 11.0. The first-order valence-electron chi connectivity index (χ1n) is 6.28. The maximum Gasteiger partial charge on any atom is 0.241 e. The molecule has 0 bridgehead atoms.